The van der Waals surface area contributed by atoms with Crippen molar-refractivity contribution in [3.8, 4) is 0 Å². The summed E-state index contributed by atoms with van der Waals surface area (Å²) in [6.07, 6.45) is 0. The minimum atomic E-state index is -3.82. The molecular formula is C6H12F2O6P2+2. The molecule has 0 radical (unpaired) electrons. The van der Waals surface area contributed by atoms with Crippen LogP contribution in [-0.4, -0.2) is 38.6 Å². The Morgan fingerprint density at radius 3 is 2.50 bits per heavy atom. The van der Waals surface area contributed by atoms with Gasteiger partial charge in [0, 0.05) is 8.76 Å². The molecule has 1 fully saturated rings. The monoisotopic (exact) mass is 280 g/mol. The lowest BCUT2D eigenvalue weighted by molar-refractivity contribution is -0.0665. The lowest BCUT2D eigenvalue weighted by Crippen LogP contribution is -2.42. The zero-order valence-corrected chi connectivity index (χ0v) is 10.3. The van der Waals surface area contributed by atoms with Gasteiger partial charge in [-0.2, -0.15) is 4.52 Å². The number of hydrogen-bond donors (Lipinski definition) is 1. The van der Waals surface area contributed by atoms with Crippen LogP contribution in [0.3, 0.4) is 0 Å². The maximum Gasteiger partial charge on any atom is 0.746 e. The average Bonchev–Trinajstić information content (AvgIpc) is 2.29. The lowest BCUT2D eigenvalue weighted by Gasteiger charge is -2.31. The molecule has 16 heavy (non-hydrogen) atoms. The molecule has 1 aliphatic rings. The normalized spacial score (nSPS) is 36.1. The predicted molar refractivity (Wildman–Crippen MR) is 51.1 cm³/mol. The summed E-state index contributed by atoms with van der Waals surface area (Å²) in [7, 11) is -6.00. The first-order chi connectivity index (χ1) is 7.45. The third-order valence-electron chi connectivity index (χ3n) is 2.08. The molecule has 10 heteroatoms. The van der Waals surface area contributed by atoms with Crippen molar-refractivity contribution in [2.75, 3.05) is 33.5 Å². The second-order valence-electron chi connectivity index (χ2n) is 3.30. The van der Waals surface area contributed by atoms with E-state index in [-0.39, 0.29) is 19.8 Å². The Kier molecular flexibility index (Phi) is 5.07. The maximum atomic E-state index is 13.4. The summed E-state index contributed by atoms with van der Waals surface area (Å²) in [6.45, 7) is -1.38. The minimum absolute atomic E-state index is 0.259. The number of rotatable bonds is 5. The molecule has 1 atom stereocenters. The predicted octanol–water partition coefficient (Wildman–Crippen LogP) is 1.95. The molecule has 0 aromatic carbocycles. The SMILES string of the molecule is CO[P+]1(F)OCC(CO)(CO[P+](=O)F)CO1. The Labute approximate surface area is 92.5 Å². The summed E-state index contributed by atoms with van der Waals surface area (Å²) in [6, 6.07) is 0. The molecule has 1 N–H and O–H groups in total. The van der Waals surface area contributed by atoms with E-state index in [4.69, 9.17) is 14.2 Å². The topological polar surface area (TPSA) is 74.2 Å². The second-order valence-corrected chi connectivity index (χ2v) is 5.73. The quantitative estimate of drug-likeness (QED) is 0.776. The summed E-state index contributed by atoms with van der Waals surface area (Å²) in [5, 5.41) is 9.09. The number of hydrogen-bond acceptors (Lipinski definition) is 6. The molecule has 0 spiro atoms. The Hall–Kier alpha value is 0.190. The third kappa shape index (κ3) is 3.60. The highest BCUT2D eigenvalue weighted by Gasteiger charge is 2.57. The van der Waals surface area contributed by atoms with Gasteiger partial charge in [0.15, 0.2) is 0 Å². The number of aliphatic hydroxyl groups excluding tert-OH is 1. The van der Waals surface area contributed by atoms with Gasteiger partial charge in [0.05, 0.1) is 23.3 Å². The summed E-state index contributed by atoms with van der Waals surface area (Å²) in [5.74, 6) is 0. The zero-order valence-electron chi connectivity index (χ0n) is 8.47. The molecule has 0 aromatic heterocycles. The van der Waals surface area contributed by atoms with Crippen molar-refractivity contribution in [3.63, 3.8) is 0 Å². The smallest absolute Gasteiger partial charge is 0.396 e. The van der Waals surface area contributed by atoms with Gasteiger partial charge >= 0.3 is 16.6 Å². The second kappa shape index (κ2) is 5.69. The highest BCUT2D eigenvalue weighted by molar-refractivity contribution is 7.56. The average molecular weight is 280 g/mol. The summed E-state index contributed by atoms with van der Waals surface area (Å²) in [5.41, 5.74) is -1.12. The Balaban J connectivity index is 2.54. The van der Waals surface area contributed by atoms with Gasteiger partial charge in [-0.25, -0.2) is 0 Å². The minimum Gasteiger partial charge on any atom is -0.396 e. The molecule has 0 aliphatic carbocycles. The molecule has 0 bridgehead atoms. The molecular weight excluding hydrogens is 268 g/mol. The van der Waals surface area contributed by atoms with E-state index in [1.165, 1.54) is 0 Å². The van der Waals surface area contributed by atoms with Gasteiger partial charge in [-0.3, -0.25) is 0 Å². The van der Waals surface area contributed by atoms with E-state index < -0.39 is 28.6 Å². The Morgan fingerprint density at radius 1 is 1.56 bits per heavy atom. The fourth-order valence-electron chi connectivity index (χ4n) is 1.02. The van der Waals surface area contributed by atoms with Crippen molar-refractivity contribution >= 4 is 16.6 Å². The summed E-state index contributed by atoms with van der Waals surface area (Å²) >= 11 is 0. The van der Waals surface area contributed by atoms with E-state index in [1.54, 1.807) is 0 Å². The molecule has 1 rings (SSSR count). The van der Waals surface area contributed by atoms with Crippen LogP contribution in [-0.2, 0) is 22.7 Å². The van der Waals surface area contributed by atoms with Crippen LogP contribution in [0, 0.1) is 5.41 Å². The molecule has 1 saturated heterocycles. The maximum absolute atomic E-state index is 13.4. The standard InChI is InChI=1S/C6H12F2O6P2/c1-11-16(8)13-4-6(2-9,5-14-16)3-12-15(7)10/h9H,2-5H2,1H3/q+2. The summed E-state index contributed by atoms with van der Waals surface area (Å²) in [4.78, 5) is 0. The highest BCUT2D eigenvalue weighted by Crippen LogP contribution is 2.66. The van der Waals surface area contributed by atoms with Gasteiger partial charge in [-0.05, 0) is 0 Å². The zero-order chi connectivity index (χ0) is 12.2. The first kappa shape index (κ1) is 14.3. The van der Waals surface area contributed by atoms with Gasteiger partial charge in [-0.15, -0.1) is 13.6 Å². The Morgan fingerprint density at radius 2 is 2.12 bits per heavy atom. The van der Waals surface area contributed by atoms with Crippen molar-refractivity contribution in [3.05, 3.63) is 0 Å². The van der Waals surface area contributed by atoms with E-state index in [0.717, 1.165) is 7.11 Å². The van der Waals surface area contributed by atoms with Crippen LogP contribution in [0.1, 0.15) is 0 Å². The van der Waals surface area contributed by atoms with Crippen LogP contribution in [0.4, 0.5) is 8.39 Å². The number of halogens is 2. The molecule has 1 unspecified atom stereocenters. The Bertz CT molecular complexity index is 257. The molecule has 0 saturated carbocycles. The van der Waals surface area contributed by atoms with E-state index >= 15 is 0 Å². The fourth-order valence-corrected chi connectivity index (χ4v) is 2.54. The van der Waals surface area contributed by atoms with Crippen LogP contribution < -0.4 is 0 Å². The van der Waals surface area contributed by atoms with Gasteiger partial charge in [0.25, 0.3) is 0 Å². The molecule has 94 valence electrons. The van der Waals surface area contributed by atoms with Gasteiger partial charge < -0.3 is 5.11 Å². The fraction of sp³-hybridized carbons (Fsp3) is 1.00. The van der Waals surface area contributed by atoms with Crippen LogP contribution >= 0.6 is 16.6 Å². The van der Waals surface area contributed by atoms with Gasteiger partial charge in [-0.1, -0.05) is 0 Å². The molecule has 0 amide bonds. The molecule has 0 aromatic rings. The van der Waals surface area contributed by atoms with Crippen LogP contribution in [0.15, 0.2) is 0 Å². The van der Waals surface area contributed by atoms with E-state index in [0.29, 0.717) is 0 Å². The van der Waals surface area contributed by atoms with Crippen LogP contribution in [0.2, 0.25) is 0 Å². The van der Waals surface area contributed by atoms with Crippen LogP contribution in [0.25, 0.3) is 0 Å². The van der Waals surface area contributed by atoms with Gasteiger partial charge in [0.1, 0.15) is 19.8 Å². The van der Waals surface area contributed by atoms with Crippen molar-refractivity contribution in [1.82, 2.24) is 0 Å². The van der Waals surface area contributed by atoms with Crippen molar-refractivity contribution < 1.29 is 36.2 Å². The van der Waals surface area contributed by atoms with Crippen molar-refractivity contribution in [2.45, 2.75) is 0 Å². The van der Waals surface area contributed by atoms with Crippen molar-refractivity contribution in [1.29, 1.82) is 0 Å². The first-order valence-electron chi connectivity index (χ1n) is 4.26. The van der Waals surface area contributed by atoms with E-state index in [9.17, 15) is 13.0 Å². The van der Waals surface area contributed by atoms with Gasteiger partial charge in [0.2, 0.25) is 0 Å². The van der Waals surface area contributed by atoms with Crippen LogP contribution in [0.5, 0.6) is 0 Å². The lowest BCUT2D eigenvalue weighted by atomic mass is 9.93. The first-order valence-corrected chi connectivity index (χ1v) is 6.76. The molecule has 1 aliphatic heterocycles. The van der Waals surface area contributed by atoms with E-state index in [2.05, 4.69) is 9.05 Å². The third-order valence-corrected chi connectivity index (χ3v) is 3.72. The summed E-state index contributed by atoms with van der Waals surface area (Å²) < 4.78 is 53.5. The largest absolute Gasteiger partial charge is 0.746 e. The molecule has 6 nitrogen and oxygen atoms in total. The highest BCUT2D eigenvalue weighted by atomic mass is 31.3. The van der Waals surface area contributed by atoms with E-state index in [1.807, 2.05) is 0 Å². The van der Waals surface area contributed by atoms with Crippen molar-refractivity contribution in [2.24, 2.45) is 5.41 Å². The number of aliphatic hydroxyl groups is 1. The molecule has 1 heterocycles.